The fraction of sp³-hybridized carbons (Fsp3) is 0.172. The van der Waals surface area contributed by atoms with Crippen molar-refractivity contribution in [2.24, 2.45) is 4.99 Å². The first-order chi connectivity index (χ1) is 17.6. The smallest absolute Gasteiger partial charge is 0.148 e. The van der Waals surface area contributed by atoms with Crippen LogP contribution in [-0.2, 0) is 26.1 Å². The summed E-state index contributed by atoms with van der Waals surface area (Å²) in [5.74, 6) is 0.749. The molecule has 0 saturated carbocycles. The van der Waals surface area contributed by atoms with Crippen molar-refractivity contribution in [3.63, 3.8) is 0 Å². The molecule has 0 amide bonds. The van der Waals surface area contributed by atoms with Gasteiger partial charge >= 0.3 is 0 Å². The molecule has 0 atom stereocenters. The number of hydrogen-bond donors (Lipinski definition) is 0. The average molecular weight is 621 g/mol. The average Bonchev–Trinajstić information content (AvgIpc) is 3.25. The number of aliphatic imine (C=N–C) groups is 1. The van der Waals surface area contributed by atoms with Crippen molar-refractivity contribution in [3.05, 3.63) is 114 Å². The van der Waals surface area contributed by atoms with Crippen LogP contribution in [0.3, 0.4) is 0 Å². The van der Waals surface area contributed by atoms with Gasteiger partial charge in [-0.3, -0.25) is 4.90 Å². The second-order valence-electron chi connectivity index (χ2n) is 8.59. The van der Waals surface area contributed by atoms with E-state index in [0.29, 0.717) is 12.2 Å². The highest BCUT2D eigenvalue weighted by atomic mass is 79.9. The SMILES string of the molecule is N#Cc1c(N=Cc2cc(Br)c(OCc3ccccc3)c(Br)c2)sc2c1CCN(Cc1ccccc1)C2. The third-order valence-corrected chi connectivity index (χ3v) is 8.36. The van der Waals surface area contributed by atoms with Crippen LogP contribution in [0, 0.1) is 11.3 Å². The van der Waals surface area contributed by atoms with Gasteiger partial charge in [-0.2, -0.15) is 5.26 Å². The summed E-state index contributed by atoms with van der Waals surface area (Å²) in [5.41, 5.74) is 5.21. The first-order valence-corrected chi connectivity index (χ1v) is 14.0. The quantitative estimate of drug-likeness (QED) is 0.197. The second kappa shape index (κ2) is 11.5. The molecule has 0 N–H and O–H groups in total. The van der Waals surface area contributed by atoms with Gasteiger partial charge in [-0.05, 0) is 72.7 Å². The topological polar surface area (TPSA) is 48.6 Å². The minimum atomic E-state index is 0.485. The van der Waals surface area contributed by atoms with Gasteiger partial charge < -0.3 is 4.74 Å². The number of nitrogens with zero attached hydrogens (tertiary/aromatic N) is 3. The number of hydrogen-bond acceptors (Lipinski definition) is 5. The van der Waals surface area contributed by atoms with E-state index < -0.39 is 0 Å². The Balaban J connectivity index is 1.31. The van der Waals surface area contributed by atoms with E-state index in [-0.39, 0.29) is 0 Å². The Bertz CT molecular complexity index is 1410. The van der Waals surface area contributed by atoms with E-state index in [9.17, 15) is 5.26 Å². The molecule has 3 aromatic carbocycles. The summed E-state index contributed by atoms with van der Waals surface area (Å²) in [6.07, 6.45) is 2.69. The van der Waals surface area contributed by atoms with Crippen LogP contribution in [0.4, 0.5) is 5.00 Å². The molecule has 4 nitrogen and oxygen atoms in total. The summed E-state index contributed by atoms with van der Waals surface area (Å²) in [5, 5.41) is 10.7. The van der Waals surface area contributed by atoms with E-state index in [1.807, 2.05) is 54.7 Å². The Morgan fingerprint density at radius 2 is 1.67 bits per heavy atom. The van der Waals surface area contributed by atoms with Gasteiger partial charge in [0.2, 0.25) is 0 Å². The van der Waals surface area contributed by atoms with Crippen molar-refractivity contribution in [2.45, 2.75) is 26.1 Å². The van der Waals surface area contributed by atoms with Crippen LogP contribution < -0.4 is 4.74 Å². The van der Waals surface area contributed by atoms with Crippen molar-refractivity contribution in [1.29, 1.82) is 5.26 Å². The summed E-state index contributed by atoms with van der Waals surface area (Å²) in [6, 6.07) is 27.0. The van der Waals surface area contributed by atoms with Gasteiger partial charge in [0.15, 0.2) is 0 Å². The number of halogens is 2. The number of thiophene rings is 1. The van der Waals surface area contributed by atoms with E-state index in [2.05, 4.69) is 67.1 Å². The molecule has 0 fully saturated rings. The third kappa shape index (κ3) is 5.79. The summed E-state index contributed by atoms with van der Waals surface area (Å²) in [4.78, 5) is 8.42. The van der Waals surface area contributed by atoms with Crippen LogP contribution in [0.1, 0.15) is 32.7 Å². The molecule has 1 aliphatic rings. The van der Waals surface area contributed by atoms with Gasteiger partial charge in [-0.15, -0.1) is 11.3 Å². The van der Waals surface area contributed by atoms with E-state index in [4.69, 9.17) is 9.73 Å². The highest BCUT2D eigenvalue weighted by Crippen LogP contribution is 2.39. The molecule has 0 radical (unpaired) electrons. The molecule has 1 aliphatic heterocycles. The Kier molecular flexibility index (Phi) is 7.98. The molecule has 180 valence electrons. The lowest BCUT2D eigenvalue weighted by Gasteiger charge is -2.26. The van der Waals surface area contributed by atoms with Crippen LogP contribution in [0.2, 0.25) is 0 Å². The van der Waals surface area contributed by atoms with Crippen LogP contribution in [-0.4, -0.2) is 17.7 Å². The molecule has 7 heteroatoms. The van der Waals surface area contributed by atoms with E-state index in [0.717, 1.165) is 62.4 Å². The summed E-state index contributed by atoms with van der Waals surface area (Å²) >= 11 is 8.90. The Hall–Kier alpha value is -2.76. The van der Waals surface area contributed by atoms with Crippen LogP contribution >= 0.6 is 43.2 Å². The first kappa shape index (κ1) is 24.9. The van der Waals surface area contributed by atoms with Gasteiger partial charge in [-0.25, -0.2) is 4.99 Å². The predicted molar refractivity (Wildman–Crippen MR) is 153 cm³/mol. The lowest BCUT2D eigenvalue weighted by molar-refractivity contribution is 0.249. The zero-order chi connectivity index (χ0) is 24.9. The lowest BCUT2D eigenvalue weighted by Crippen LogP contribution is -2.29. The largest absolute Gasteiger partial charge is 0.487 e. The minimum Gasteiger partial charge on any atom is -0.487 e. The van der Waals surface area contributed by atoms with E-state index >= 15 is 0 Å². The summed E-state index contributed by atoms with van der Waals surface area (Å²) < 4.78 is 7.72. The van der Waals surface area contributed by atoms with Gasteiger partial charge in [-0.1, -0.05) is 60.7 Å². The van der Waals surface area contributed by atoms with E-state index in [1.165, 1.54) is 10.4 Å². The third-order valence-electron chi connectivity index (χ3n) is 6.06. The maximum atomic E-state index is 9.88. The number of nitriles is 1. The van der Waals surface area contributed by atoms with Crippen molar-refractivity contribution in [1.82, 2.24) is 4.90 Å². The zero-order valence-electron chi connectivity index (χ0n) is 19.5. The maximum absolute atomic E-state index is 9.88. The van der Waals surface area contributed by atoms with Gasteiger partial charge in [0.25, 0.3) is 0 Å². The summed E-state index contributed by atoms with van der Waals surface area (Å²) in [7, 11) is 0. The van der Waals surface area contributed by atoms with Crippen molar-refractivity contribution in [2.75, 3.05) is 6.54 Å². The Morgan fingerprint density at radius 3 is 2.33 bits per heavy atom. The number of benzene rings is 3. The predicted octanol–water partition coefficient (Wildman–Crippen LogP) is 8.03. The standard InChI is InChI=1S/C29H23Br2N3OS/c30-25-13-22(14-26(31)28(25)35-19-21-9-5-2-6-10-21)16-33-29-24(15-32)23-11-12-34(18-27(23)36-29)17-20-7-3-1-4-8-20/h1-10,13-14,16H,11-12,17-19H2. The van der Waals surface area contributed by atoms with Crippen LogP contribution in [0.15, 0.2) is 86.7 Å². The molecule has 0 aliphatic carbocycles. The van der Waals surface area contributed by atoms with Crippen LogP contribution in [0.25, 0.3) is 0 Å². The number of ether oxygens (including phenoxy) is 1. The molecule has 0 bridgehead atoms. The highest BCUT2D eigenvalue weighted by molar-refractivity contribution is 9.11. The van der Waals surface area contributed by atoms with Crippen molar-refractivity contribution < 1.29 is 4.74 Å². The molecule has 4 aromatic rings. The second-order valence-corrected chi connectivity index (χ2v) is 11.4. The maximum Gasteiger partial charge on any atom is 0.148 e. The monoisotopic (exact) mass is 619 g/mol. The molecule has 2 heterocycles. The molecule has 36 heavy (non-hydrogen) atoms. The molecule has 1 aromatic heterocycles. The fourth-order valence-corrected chi connectivity index (χ4v) is 6.91. The zero-order valence-corrected chi connectivity index (χ0v) is 23.4. The highest BCUT2D eigenvalue weighted by Gasteiger charge is 2.24. The van der Waals surface area contributed by atoms with E-state index in [1.54, 1.807) is 11.3 Å². The summed E-state index contributed by atoms with van der Waals surface area (Å²) in [6.45, 7) is 3.20. The Labute approximate surface area is 232 Å². The Morgan fingerprint density at radius 1 is 1.00 bits per heavy atom. The van der Waals surface area contributed by atoms with Crippen molar-refractivity contribution in [3.8, 4) is 11.8 Å². The molecular weight excluding hydrogens is 598 g/mol. The number of rotatable bonds is 7. The van der Waals surface area contributed by atoms with Gasteiger partial charge in [0, 0.05) is 30.7 Å². The molecule has 0 spiro atoms. The molecule has 0 unspecified atom stereocenters. The fourth-order valence-electron chi connectivity index (χ4n) is 4.28. The molecular formula is C29H23Br2N3OS. The lowest BCUT2D eigenvalue weighted by atomic mass is 10.0. The van der Waals surface area contributed by atoms with Gasteiger partial charge in [0.05, 0.1) is 14.5 Å². The first-order valence-electron chi connectivity index (χ1n) is 11.6. The number of fused-ring (bicyclic) bond motifs is 1. The van der Waals surface area contributed by atoms with Crippen LogP contribution in [0.5, 0.6) is 5.75 Å². The normalized spacial score (nSPS) is 13.5. The van der Waals surface area contributed by atoms with Crippen molar-refractivity contribution >= 4 is 54.4 Å². The minimum absolute atomic E-state index is 0.485. The molecule has 0 saturated heterocycles. The van der Waals surface area contributed by atoms with Gasteiger partial charge in [0.1, 0.15) is 23.4 Å². The molecule has 5 rings (SSSR count).